The summed E-state index contributed by atoms with van der Waals surface area (Å²) in [6.07, 6.45) is 5.18. The highest BCUT2D eigenvalue weighted by Gasteiger charge is 2.35. The maximum atomic E-state index is 14.9. The zero-order valence-corrected chi connectivity index (χ0v) is 20.4. The number of carbonyl (C=O) groups excluding carboxylic acids is 1. The Hall–Kier alpha value is -3.72. The van der Waals surface area contributed by atoms with Crippen LogP contribution in [0.2, 0.25) is 0 Å². The molecule has 3 aromatic rings. The smallest absolute Gasteiger partial charge is 0.291 e. The zero-order valence-electron chi connectivity index (χ0n) is 20.4. The molecule has 1 amide bonds. The normalized spacial score (nSPS) is 15.0. The molecule has 9 heteroatoms. The average Bonchev–Trinajstić information content (AvgIpc) is 3.80. The molecule has 3 N–H and O–H groups in total. The van der Waals surface area contributed by atoms with E-state index in [2.05, 4.69) is 15.6 Å². The number of benzene rings is 2. The number of amides is 1. The van der Waals surface area contributed by atoms with Crippen molar-refractivity contribution in [2.45, 2.75) is 44.7 Å². The molecular formula is C27H30FN5O3. The number of halogens is 1. The molecule has 2 aliphatic carbocycles. The molecule has 0 spiro atoms. The van der Waals surface area contributed by atoms with E-state index < -0.39 is 5.82 Å². The van der Waals surface area contributed by atoms with Gasteiger partial charge in [0, 0.05) is 36.0 Å². The third-order valence-electron chi connectivity index (χ3n) is 6.44. The van der Waals surface area contributed by atoms with Crippen molar-refractivity contribution in [1.82, 2.24) is 20.6 Å². The first kappa shape index (κ1) is 24.0. The molecule has 0 atom stereocenters. The van der Waals surface area contributed by atoms with E-state index in [0.717, 1.165) is 31.4 Å². The summed E-state index contributed by atoms with van der Waals surface area (Å²) in [7, 11) is 1.86. The van der Waals surface area contributed by atoms with Gasteiger partial charge in [0.25, 0.3) is 11.5 Å². The van der Waals surface area contributed by atoms with E-state index in [1.807, 2.05) is 36.2 Å². The molecule has 0 unspecified atom stereocenters. The molecule has 2 saturated carbocycles. The summed E-state index contributed by atoms with van der Waals surface area (Å²) in [5, 5.41) is 5.95. The van der Waals surface area contributed by atoms with Crippen LogP contribution in [0.15, 0.2) is 47.4 Å². The second-order valence-corrected chi connectivity index (χ2v) is 9.34. The largest absolute Gasteiger partial charge is 0.490 e. The van der Waals surface area contributed by atoms with Crippen LogP contribution >= 0.6 is 0 Å². The number of hydrogen-bond acceptors (Lipinski definition) is 6. The van der Waals surface area contributed by atoms with Crippen LogP contribution in [-0.4, -0.2) is 48.2 Å². The van der Waals surface area contributed by atoms with Crippen LogP contribution in [0.5, 0.6) is 5.75 Å². The Bertz CT molecular complexity index is 1330. The summed E-state index contributed by atoms with van der Waals surface area (Å²) < 4.78 is 20.9. The van der Waals surface area contributed by atoms with Crippen molar-refractivity contribution in [3.8, 4) is 17.0 Å². The van der Waals surface area contributed by atoms with E-state index in [1.54, 1.807) is 13.0 Å². The summed E-state index contributed by atoms with van der Waals surface area (Å²) in [4.78, 5) is 35.0. The van der Waals surface area contributed by atoms with Crippen LogP contribution in [0.3, 0.4) is 0 Å². The van der Waals surface area contributed by atoms with Gasteiger partial charge in [0.1, 0.15) is 18.2 Å². The molecule has 0 aliphatic heterocycles. The molecule has 1 aromatic heterocycles. The van der Waals surface area contributed by atoms with E-state index >= 15 is 0 Å². The maximum absolute atomic E-state index is 14.9. The lowest BCUT2D eigenvalue weighted by Crippen LogP contribution is -2.29. The number of para-hydroxylation sites is 2. The second kappa shape index (κ2) is 10.1. The van der Waals surface area contributed by atoms with Gasteiger partial charge >= 0.3 is 0 Å². The number of ether oxygens (including phenoxy) is 1. The third-order valence-corrected chi connectivity index (χ3v) is 6.44. The minimum Gasteiger partial charge on any atom is -0.490 e. The minimum absolute atomic E-state index is 0.108. The van der Waals surface area contributed by atoms with Crippen LogP contribution < -0.4 is 25.8 Å². The van der Waals surface area contributed by atoms with Gasteiger partial charge in [0.05, 0.1) is 11.4 Å². The summed E-state index contributed by atoms with van der Waals surface area (Å²) in [5.41, 5.74) is 1.85. The summed E-state index contributed by atoms with van der Waals surface area (Å²) in [6, 6.07) is 10.7. The van der Waals surface area contributed by atoms with Gasteiger partial charge in [0.2, 0.25) is 5.82 Å². The van der Waals surface area contributed by atoms with Gasteiger partial charge in [-0.1, -0.05) is 12.1 Å². The van der Waals surface area contributed by atoms with Crippen molar-refractivity contribution in [2.75, 3.05) is 25.1 Å². The Morgan fingerprint density at radius 1 is 1.22 bits per heavy atom. The Morgan fingerprint density at radius 2 is 2.00 bits per heavy atom. The molecule has 1 heterocycles. The standard InChI is InChI=1S/C27H30FN5O3/c1-16-20(13-17(14-21(16)28)26(34)31-18-7-8-18)22-15-30-27(35)25(32-22)33(19-9-10-19)23-5-3-4-6-24(23)36-12-11-29-2/h3-6,13-15,18-19,29H,7-12H2,1-2H3,(H,30,35)(H,31,34). The first-order chi connectivity index (χ1) is 17.5. The van der Waals surface area contributed by atoms with Crippen molar-refractivity contribution < 1.29 is 13.9 Å². The van der Waals surface area contributed by atoms with Crippen molar-refractivity contribution in [1.29, 1.82) is 0 Å². The third kappa shape index (κ3) is 5.11. The number of nitrogens with one attached hydrogen (secondary N) is 3. The van der Waals surface area contributed by atoms with Crippen LogP contribution in [0.25, 0.3) is 11.3 Å². The monoisotopic (exact) mass is 491 g/mol. The number of hydrogen-bond donors (Lipinski definition) is 3. The van der Waals surface area contributed by atoms with E-state index in [1.165, 1.54) is 12.3 Å². The first-order valence-electron chi connectivity index (χ1n) is 12.3. The number of anilines is 2. The molecule has 0 radical (unpaired) electrons. The van der Waals surface area contributed by atoms with E-state index in [4.69, 9.17) is 9.72 Å². The van der Waals surface area contributed by atoms with Crippen LogP contribution in [0, 0.1) is 12.7 Å². The van der Waals surface area contributed by atoms with Crippen molar-refractivity contribution >= 4 is 17.4 Å². The lowest BCUT2D eigenvalue weighted by atomic mass is 10.0. The first-order valence-corrected chi connectivity index (χ1v) is 12.3. The number of likely N-dealkylation sites (N-methyl/N-ethyl adjacent to an activating group) is 1. The fourth-order valence-corrected chi connectivity index (χ4v) is 4.13. The Balaban J connectivity index is 1.55. The molecule has 2 fully saturated rings. The highest BCUT2D eigenvalue weighted by atomic mass is 19.1. The van der Waals surface area contributed by atoms with Gasteiger partial charge in [-0.25, -0.2) is 9.37 Å². The topological polar surface area (TPSA) is 99.3 Å². The van der Waals surface area contributed by atoms with Gasteiger partial charge in [-0.05, 0) is 69.5 Å². The average molecular weight is 492 g/mol. The summed E-state index contributed by atoms with van der Waals surface area (Å²) >= 11 is 0. The number of aromatic amines is 1. The molecule has 2 aromatic carbocycles. The molecule has 36 heavy (non-hydrogen) atoms. The summed E-state index contributed by atoms with van der Waals surface area (Å²) in [6.45, 7) is 2.80. The second-order valence-electron chi connectivity index (χ2n) is 9.34. The van der Waals surface area contributed by atoms with Gasteiger partial charge in [-0.15, -0.1) is 0 Å². The number of H-pyrrole nitrogens is 1. The van der Waals surface area contributed by atoms with Gasteiger partial charge in [0.15, 0.2) is 0 Å². The van der Waals surface area contributed by atoms with Crippen molar-refractivity contribution in [3.63, 3.8) is 0 Å². The number of rotatable bonds is 10. The quantitative estimate of drug-likeness (QED) is 0.374. The molecular weight excluding hydrogens is 461 g/mol. The van der Waals surface area contributed by atoms with E-state index in [0.29, 0.717) is 35.7 Å². The molecule has 8 nitrogen and oxygen atoms in total. The Labute approximate surface area is 208 Å². The highest BCUT2D eigenvalue weighted by molar-refractivity contribution is 5.96. The lowest BCUT2D eigenvalue weighted by molar-refractivity contribution is 0.0950. The predicted octanol–water partition coefficient (Wildman–Crippen LogP) is 3.68. The zero-order chi connectivity index (χ0) is 25.2. The minimum atomic E-state index is -0.495. The van der Waals surface area contributed by atoms with Crippen LogP contribution in [0.1, 0.15) is 41.6 Å². The van der Waals surface area contributed by atoms with Gasteiger partial charge < -0.3 is 25.3 Å². The predicted molar refractivity (Wildman–Crippen MR) is 137 cm³/mol. The molecule has 2 aliphatic rings. The van der Waals surface area contributed by atoms with Crippen molar-refractivity contribution in [2.24, 2.45) is 0 Å². The van der Waals surface area contributed by atoms with E-state index in [-0.39, 0.29) is 34.9 Å². The fourth-order valence-electron chi connectivity index (χ4n) is 4.13. The number of aromatic nitrogens is 2. The maximum Gasteiger partial charge on any atom is 0.291 e. The number of carbonyl (C=O) groups is 1. The van der Waals surface area contributed by atoms with Gasteiger partial charge in [-0.3, -0.25) is 9.59 Å². The molecule has 0 saturated heterocycles. The van der Waals surface area contributed by atoms with Crippen molar-refractivity contribution in [3.05, 3.63) is 69.9 Å². The molecule has 5 rings (SSSR count). The lowest BCUT2D eigenvalue weighted by Gasteiger charge is -2.25. The Kier molecular flexibility index (Phi) is 6.73. The number of nitrogens with zero attached hydrogens (tertiary/aromatic N) is 2. The Morgan fingerprint density at radius 3 is 2.72 bits per heavy atom. The molecule has 188 valence electrons. The highest BCUT2D eigenvalue weighted by Crippen LogP contribution is 2.41. The van der Waals surface area contributed by atoms with E-state index in [9.17, 15) is 14.0 Å². The van der Waals surface area contributed by atoms with Crippen LogP contribution in [-0.2, 0) is 0 Å². The summed E-state index contributed by atoms with van der Waals surface area (Å²) in [5.74, 6) is 0.0689. The molecule has 0 bridgehead atoms. The fraction of sp³-hybridized carbons (Fsp3) is 0.370. The van der Waals surface area contributed by atoms with Gasteiger partial charge in [-0.2, -0.15) is 0 Å². The van der Waals surface area contributed by atoms with Crippen LogP contribution in [0.4, 0.5) is 15.9 Å². The SMILES string of the molecule is CNCCOc1ccccc1N(c1nc(-c2cc(C(=O)NC3CC3)cc(F)c2C)c[nH]c1=O)C1CC1.